The summed E-state index contributed by atoms with van der Waals surface area (Å²) in [6.45, 7) is 0.362. The highest BCUT2D eigenvalue weighted by atomic mass is 35.5. The van der Waals surface area contributed by atoms with E-state index < -0.39 is 0 Å². The normalized spacial score (nSPS) is 10.0. The van der Waals surface area contributed by atoms with Crippen LogP contribution in [0.2, 0.25) is 0 Å². The number of rotatable bonds is 3. The first-order chi connectivity index (χ1) is 5.33. The van der Waals surface area contributed by atoms with Gasteiger partial charge in [0.2, 0.25) is 0 Å². The molecule has 0 aliphatic heterocycles. The maximum Gasteiger partial charge on any atom is 0.123 e. The van der Waals surface area contributed by atoms with Gasteiger partial charge in [-0.15, -0.1) is 0 Å². The van der Waals surface area contributed by atoms with Crippen molar-refractivity contribution in [2.24, 2.45) is 0 Å². The summed E-state index contributed by atoms with van der Waals surface area (Å²) in [6, 6.07) is 6.38. The van der Waals surface area contributed by atoms with E-state index in [1.807, 2.05) is 0 Å². The lowest BCUT2D eigenvalue weighted by Gasteiger charge is -1.99. The van der Waals surface area contributed by atoms with E-state index in [4.69, 9.17) is 16.3 Å². The molecule has 0 amide bonds. The van der Waals surface area contributed by atoms with E-state index in [-0.39, 0.29) is 11.9 Å². The fraction of sp³-hybridized carbons (Fsp3) is 0.250. The van der Waals surface area contributed by atoms with Gasteiger partial charge in [-0.3, -0.25) is 0 Å². The second kappa shape index (κ2) is 4.31. The predicted molar refractivity (Wildman–Crippen MR) is 41.9 cm³/mol. The maximum absolute atomic E-state index is 12.5. The molecular formula is C8H8ClFO. The molecule has 0 heterocycles. The zero-order valence-electron chi connectivity index (χ0n) is 5.89. The van der Waals surface area contributed by atoms with Crippen LogP contribution in [0.1, 0.15) is 5.56 Å². The van der Waals surface area contributed by atoms with Crippen LogP contribution in [-0.2, 0) is 11.3 Å². The van der Waals surface area contributed by atoms with Gasteiger partial charge in [-0.2, -0.15) is 0 Å². The molecule has 3 heteroatoms. The lowest BCUT2D eigenvalue weighted by atomic mass is 10.2. The van der Waals surface area contributed by atoms with Crippen LogP contribution >= 0.6 is 11.6 Å². The van der Waals surface area contributed by atoms with E-state index >= 15 is 0 Å². The summed E-state index contributed by atoms with van der Waals surface area (Å²) >= 11 is 5.28. The van der Waals surface area contributed by atoms with Crippen LogP contribution in [0.4, 0.5) is 4.39 Å². The minimum atomic E-state index is -0.249. The van der Waals surface area contributed by atoms with Crippen LogP contribution in [0.5, 0.6) is 0 Å². The van der Waals surface area contributed by atoms with Crippen LogP contribution < -0.4 is 0 Å². The summed E-state index contributed by atoms with van der Waals surface area (Å²) in [5.74, 6) is -0.249. The van der Waals surface area contributed by atoms with Gasteiger partial charge in [0.25, 0.3) is 0 Å². The summed E-state index contributed by atoms with van der Waals surface area (Å²) in [6.07, 6.45) is 0. The Labute approximate surface area is 69.7 Å². The molecule has 0 N–H and O–H groups in total. The molecule has 1 aromatic carbocycles. The molecule has 0 spiro atoms. The molecule has 0 saturated heterocycles. The molecule has 1 aromatic rings. The van der Waals surface area contributed by atoms with Crippen LogP contribution in [0, 0.1) is 5.82 Å². The van der Waals surface area contributed by atoms with E-state index in [0.29, 0.717) is 6.61 Å². The van der Waals surface area contributed by atoms with Crippen molar-refractivity contribution in [3.8, 4) is 0 Å². The predicted octanol–water partition coefficient (Wildman–Crippen LogP) is 2.54. The Kier molecular flexibility index (Phi) is 3.33. The molecule has 1 rings (SSSR count). The Morgan fingerprint density at radius 2 is 2.27 bits per heavy atom. The highest BCUT2D eigenvalue weighted by Crippen LogP contribution is 2.04. The minimum Gasteiger partial charge on any atom is -0.361 e. The summed E-state index contributed by atoms with van der Waals surface area (Å²) in [5.41, 5.74) is 0.797. The molecule has 60 valence electrons. The van der Waals surface area contributed by atoms with E-state index in [1.54, 1.807) is 12.1 Å². The Balaban J connectivity index is 2.56. The second-order valence-corrected chi connectivity index (χ2v) is 2.31. The first-order valence-corrected chi connectivity index (χ1v) is 3.74. The number of hydrogen-bond donors (Lipinski definition) is 0. The van der Waals surface area contributed by atoms with Gasteiger partial charge in [-0.25, -0.2) is 4.39 Å². The van der Waals surface area contributed by atoms with Crippen molar-refractivity contribution in [3.05, 3.63) is 35.6 Å². The van der Waals surface area contributed by atoms with Gasteiger partial charge >= 0.3 is 0 Å². The van der Waals surface area contributed by atoms with Crippen molar-refractivity contribution < 1.29 is 9.13 Å². The average molecular weight is 175 g/mol. The van der Waals surface area contributed by atoms with E-state index in [9.17, 15) is 4.39 Å². The van der Waals surface area contributed by atoms with Crippen LogP contribution in [0.25, 0.3) is 0 Å². The number of hydrogen-bond acceptors (Lipinski definition) is 1. The molecule has 0 saturated carbocycles. The Morgan fingerprint density at radius 1 is 1.45 bits per heavy atom. The fourth-order valence-electron chi connectivity index (χ4n) is 0.783. The number of alkyl halides is 1. The van der Waals surface area contributed by atoms with Crippen molar-refractivity contribution in [1.82, 2.24) is 0 Å². The zero-order valence-corrected chi connectivity index (χ0v) is 6.64. The number of ether oxygens (including phenoxy) is 1. The van der Waals surface area contributed by atoms with Crippen LogP contribution in [0.15, 0.2) is 24.3 Å². The minimum absolute atomic E-state index is 0.135. The summed E-state index contributed by atoms with van der Waals surface area (Å²) < 4.78 is 17.4. The lowest BCUT2D eigenvalue weighted by Crippen LogP contribution is -1.90. The number of halogens is 2. The lowest BCUT2D eigenvalue weighted by molar-refractivity contribution is 0.165. The smallest absolute Gasteiger partial charge is 0.123 e. The molecule has 11 heavy (non-hydrogen) atoms. The quantitative estimate of drug-likeness (QED) is 0.640. The molecule has 0 radical (unpaired) electrons. The highest BCUT2D eigenvalue weighted by Gasteiger charge is 1.93. The molecule has 0 aliphatic rings. The fourth-order valence-corrected chi connectivity index (χ4v) is 0.860. The highest BCUT2D eigenvalue weighted by molar-refractivity contribution is 6.17. The standard InChI is InChI=1S/C8H8ClFO/c9-6-11-5-7-2-1-3-8(10)4-7/h1-4H,5-6H2. The molecule has 1 nitrogen and oxygen atoms in total. The molecule has 0 bridgehead atoms. The van der Waals surface area contributed by atoms with E-state index in [1.165, 1.54) is 12.1 Å². The first kappa shape index (κ1) is 8.50. The third kappa shape index (κ3) is 2.87. The molecule has 0 aliphatic carbocycles. The summed E-state index contributed by atoms with van der Waals surface area (Å²) in [7, 11) is 0. The van der Waals surface area contributed by atoms with Gasteiger partial charge in [0.15, 0.2) is 0 Å². The van der Waals surface area contributed by atoms with E-state index in [0.717, 1.165) is 5.56 Å². The molecule has 0 atom stereocenters. The van der Waals surface area contributed by atoms with Gasteiger partial charge in [0.05, 0.1) is 6.61 Å². The van der Waals surface area contributed by atoms with Crippen molar-refractivity contribution in [2.75, 3.05) is 6.07 Å². The molecule has 0 aromatic heterocycles. The van der Waals surface area contributed by atoms with Gasteiger partial charge < -0.3 is 4.74 Å². The molecule has 0 fully saturated rings. The molecule has 0 unspecified atom stereocenters. The van der Waals surface area contributed by atoms with Crippen molar-refractivity contribution in [2.45, 2.75) is 6.61 Å². The molecular weight excluding hydrogens is 167 g/mol. The third-order valence-corrected chi connectivity index (χ3v) is 1.39. The maximum atomic E-state index is 12.5. The third-order valence-electron chi connectivity index (χ3n) is 1.23. The Hall–Kier alpha value is -0.600. The zero-order chi connectivity index (χ0) is 8.10. The van der Waals surface area contributed by atoms with Crippen molar-refractivity contribution in [1.29, 1.82) is 0 Å². The van der Waals surface area contributed by atoms with Crippen molar-refractivity contribution >= 4 is 11.6 Å². The second-order valence-electron chi connectivity index (χ2n) is 2.09. The number of benzene rings is 1. The van der Waals surface area contributed by atoms with Crippen LogP contribution in [0.3, 0.4) is 0 Å². The summed E-state index contributed by atoms with van der Waals surface area (Å²) in [5, 5.41) is 0. The van der Waals surface area contributed by atoms with Gasteiger partial charge in [0, 0.05) is 0 Å². The van der Waals surface area contributed by atoms with Gasteiger partial charge in [-0.1, -0.05) is 23.7 Å². The Morgan fingerprint density at radius 3 is 2.91 bits per heavy atom. The average Bonchev–Trinajstić information content (AvgIpc) is 2.01. The first-order valence-electron chi connectivity index (χ1n) is 3.21. The largest absolute Gasteiger partial charge is 0.361 e. The summed E-state index contributed by atoms with van der Waals surface area (Å²) in [4.78, 5) is 0. The SMILES string of the molecule is Fc1cccc(COCCl)c1. The Bertz CT molecular complexity index is 227. The van der Waals surface area contributed by atoms with Gasteiger partial charge in [-0.05, 0) is 17.7 Å². The van der Waals surface area contributed by atoms with Gasteiger partial charge in [0.1, 0.15) is 11.9 Å². The van der Waals surface area contributed by atoms with Crippen molar-refractivity contribution in [3.63, 3.8) is 0 Å². The van der Waals surface area contributed by atoms with E-state index in [2.05, 4.69) is 0 Å². The topological polar surface area (TPSA) is 9.23 Å². The van der Waals surface area contributed by atoms with Crippen LogP contribution in [-0.4, -0.2) is 6.07 Å². The monoisotopic (exact) mass is 174 g/mol.